The predicted molar refractivity (Wildman–Crippen MR) is 59.0 cm³/mol. The molecule has 15 heavy (non-hydrogen) atoms. The first-order valence-electron chi connectivity index (χ1n) is 4.51. The molecule has 0 aliphatic rings. The summed E-state index contributed by atoms with van der Waals surface area (Å²) in [6.45, 7) is 0. The van der Waals surface area contributed by atoms with Gasteiger partial charge >= 0.3 is 5.97 Å². The molecule has 1 aromatic rings. The van der Waals surface area contributed by atoms with Gasteiger partial charge in [-0.3, -0.25) is 4.79 Å². The Bertz CT molecular complexity index is 345. The molecule has 0 bridgehead atoms. The Morgan fingerprint density at radius 3 is 2.33 bits per heavy atom. The van der Waals surface area contributed by atoms with Gasteiger partial charge in [-0.2, -0.15) is 0 Å². The third-order valence-electron chi connectivity index (χ3n) is 2.00. The van der Waals surface area contributed by atoms with Crippen LogP contribution in [0.5, 0.6) is 0 Å². The van der Waals surface area contributed by atoms with Crippen LogP contribution in [-0.2, 0) is 16.0 Å². The summed E-state index contributed by atoms with van der Waals surface area (Å²) in [4.78, 5) is 11.1. The average Bonchev–Trinajstić information content (AvgIpc) is 2.14. The lowest BCUT2D eigenvalue weighted by molar-refractivity contribution is -0.142. The zero-order chi connectivity index (χ0) is 11.4. The van der Waals surface area contributed by atoms with E-state index in [2.05, 4.69) is 4.74 Å². The number of nitrogen functional groups attached to an aromatic ring is 2. The molecule has 0 spiro atoms. The Hall–Kier alpha value is -1.75. The molecule has 0 aliphatic carbocycles. The van der Waals surface area contributed by atoms with E-state index in [1.165, 1.54) is 7.11 Å². The van der Waals surface area contributed by atoms with Crippen LogP contribution in [0.3, 0.4) is 0 Å². The van der Waals surface area contributed by atoms with Crippen LogP contribution in [0.4, 0.5) is 11.4 Å². The molecule has 1 aromatic carbocycles. The number of hydrogen-bond acceptors (Lipinski definition) is 5. The molecule has 0 aliphatic heterocycles. The van der Waals surface area contributed by atoms with Gasteiger partial charge in [-0.1, -0.05) is 0 Å². The van der Waals surface area contributed by atoms with E-state index in [0.29, 0.717) is 17.8 Å². The first-order valence-corrected chi connectivity index (χ1v) is 4.51. The Morgan fingerprint density at radius 2 is 1.87 bits per heavy atom. The molecule has 0 fully saturated rings. The molecule has 0 aromatic heterocycles. The van der Waals surface area contributed by atoms with Gasteiger partial charge in [0.2, 0.25) is 0 Å². The fourth-order valence-corrected chi connectivity index (χ4v) is 1.35. The number of hydrogen-bond donors (Lipinski definition) is 3. The highest BCUT2D eigenvalue weighted by Crippen LogP contribution is 2.14. The molecule has 6 N–H and O–H groups in total. The van der Waals surface area contributed by atoms with Gasteiger partial charge in [0.25, 0.3) is 0 Å². The Balaban J connectivity index is 2.76. The van der Waals surface area contributed by atoms with E-state index in [1.807, 2.05) is 0 Å². The smallest absolute Gasteiger partial charge is 0.322 e. The van der Waals surface area contributed by atoms with Gasteiger partial charge in [-0.25, -0.2) is 0 Å². The molecule has 1 atom stereocenters. The number of esters is 1. The molecule has 5 nitrogen and oxygen atoms in total. The third-order valence-corrected chi connectivity index (χ3v) is 2.00. The van der Waals surface area contributed by atoms with E-state index in [4.69, 9.17) is 17.2 Å². The highest BCUT2D eigenvalue weighted by molar-refractivity contribution is 5.75. The predicted octanol–water partition coefficient (Wildman–Crippen LogP) is -0.106. The molecular weight excluding hydrogens is 194 g/mol. The quantitative estimate of drug-likeness (QED) is 0.476. The van der Waals surface area contributed by atoms with Crippen LogP contribution >= 0.6 is 0 Å². The van der Waals surface area contributed by atoms with Crippen molar-refractivity contribution in [3.8, 4) is 0 Å². The van der Waals surface area contributed by atoms with Crippen molar-refractivity contribution < 1.29 is 9.53 Å². The second kappa shape index (κ2) is 4.65. The monoisotopic (exact) mass is 209 g/mol. The van der Waals surface area contributed by atoms with Crippen LogP contribution in [0.1, 0.15) is 5.56 Å². The number of methoxy groups -OCH3 is 1. The topological polar surface area (TPSA) is 104 Å². The maximum absolute atomic E-state index is 11.1. The van der Waals surface area contributed by atoms with E-state index < -0.39 is 12.0 Å². The maximum atomic E-state index is 11.1. The van der Waals surface area contributed by atoms with Crippen molar-refractivity contribution in [3.63, 3.8) is 0 Å². The van der Waals surface area contributed by atoms with Crippen LogP contribution in [0.25, 0.3) is 0 Å². The minimum absolute atomic E-state index is 0.363. The Kier molecular flexibility index (Phi) is 3.51. The minimum Gasteiger partial charge on any atom is -0.468 e. The summed E-state index contributed by atoms with van der Waals surface area (Å²) in [5.41, 5.74) is 18.8. The Labute approximate surface area is 88.2 Å². The Morgan fingerprint density at radius 1 is 1.33 bits per heavy atom. The molecule has 1 rings (SSSR count). The second-order valence-corrected chi connectivity index (χ2v) is 3.34. The van der Waals surface area contributed by atoms with E-state index in [9.17, 15) is 4.79 Å². The van der Waals surface area contributed by atoms with Crippen molar-refractivity contribution in [2.24, 2.45) is 5.73 Å². The number of ether oxygens (including phenoxy) is 1. The summed E-state index contributed by atoms with van der Waals surface area (Å²) in [7, 11) is 1.30. The van der Waals surface area contributed by atoms with E-state index >= 15 is 0 Å². The lowest BCUT2D eigenvalue weighted by atomic mass is 10.1. The van der Waals surface area contributed by atoms with Gasteiger partial charge in [-0.05, 0) is 30.2 Å². The van der Waals surface area contributed by atoms with Gasteiger partial charge in [0.1, 0.15) is 6.04 Å². The van der Waals surface area contributed by atoms with E-state index in [-0.39, 0.29) is 0 Å². The molecule has 0 amide bonds. The number of benzene rings is 1. The van der Waals surface area contributed by atoms with Crippen LogP contribution in [-0.4, -0.2) is 19.1 Å². The van der Waals surface area contributed by atoms with Crippen molar-refractivity contribution in [3.05, 3.63) is 23.8 Å². The summed E-state index contributed by atoms with van der Waals surface area (Å²) < 4.78 is 4.52. The lowest BCUT2D eigenvalue weighted by Gasteiger charge is -2.10. The van der Waals surface area contributed by atoms with Crippen LogP contribution in [0, 0.1) is 0 Å². The van der Waals surface area contributed by atoms with Crippen LogP contribution in [0.2, 0.25) is 0 Å². The normalized spacial score (nSPS) is 12.1. The molecular formula is C10H15N3O2. The van der Waals surface area contributed by atoms with E-state index in [0.717, 1.165) is 5.56 Å². The van der Waals surface area contributed by atoms with E-state index in [1.54, 1.807) is 18.2 Å². The first-order chi connectivity index (χ1) is 7.02. The molecule has 82 valence electrons. The van der Waals surface area contributed by atoms with Crippen LogP contribution < -0.4 is 17.2 Å². The highest BCUT2D eigenvalue weighted by Gasteiger charge is 2.14. The first kappa shape index (κ1) is 11.3. The standard InChI is InChI=1S/C10H15N3O2/c1-15-10(14)9(13)4-6-2-7(11)5-8(12)3-6/h2-3,5,9H,4,11-13H2,1H3. The summed E-state index contributed by atoms with van der Waals surface area (Å²) in [5.74, 6) is -0.448. The second-order valence-electron chi connectivity index (χ2n) is 3.34. The maximum Gasteiger partial charge on any atom is 0.322 e. The number of carbonyl (C=O) groups excluding carboxylic acids is 1. The molecule has 0 saturated carbocycles. The van der Waals surface area contributed by atoms with Gasteiger partial charge in [-0.15, -0.1) is 0 Å². The number of nitrogens with two attached hydrogens (primary N) is 3. The summed E-state index contributed by atoms with van der Waals surface area (Å²) in [6, 6.07) is 4.43. The third kappa shape index (κ3) is 3.14. The zero-order valence-corrected chi connectivity index (χ0v) is 8.57. The average molecular weight is 209 g/mol. The van der Waals surface area contributed by atoms with Gasteiger partial charge in [0.05, 0.1) is 7.11 Å². The summed E-state index contributed by atoms with van der Waals surface area (Å²) >= 11 is 0. The number of carbonyl (C=O) groups is 1. The van der Waals surface area contributed by atoms with Crippen LogP contribution in [0.15, 0.2) is 18.2 Å². The van der Waals surface area contributed by atoms with Crippen molar-refractivity contribution in [1.82, 2.24) is 0 Å². The van der Waals surface area contributed by atoms with Gasteiger partial charge in [0.15, 0.2) is 0 Å². The largest absolute Gasteiger partial charge is 0.468 e. The lowest BCUT2D eigenvalue weighted by Crippen LogP contribution is -2.33. The van der Waals surface area contributed by atoms with Gasteiger partial charge in [0, 0.05) is 11.4 Å². The van der Waals surface area contributed by atoms with Crippen molar-refractivity contribution >= 4 is 17.3 Å². The summed E-state index contributed by atoms with van der Waals surface area (Å²) in [5, 5.41) is 0. The fraction of sp³-hybridized carbons (Fsp3) is 0.300. The summed E-state index contributed by atoms with van der Waals surface area (Å²) in [6.07, 6.45) is 0.363. The number of rotatable bonds is 3. The highest BCUT2D eigenvalue weighted by atomic mass is 16.5. The molecule has 5 heteroatoms. The molecule has 0 radical (unpaired) electrons. The van der Waals surface area contributed by atoms with Gasteiger partial charge < -0.3 is 21.9 Å². The SMILES string of the molecule is COC(=O)C(N)Cc1cc(N)cc(N)c1. The number of anilines is 2. The molecule has 0 saturated heterocycles. The molecule has 1 unspecified atom stereocenters. The zero-order valence-electron chi connectivity index (χ0n) is 8.57. The van der Waals surface area contributed by atoms with Crippen molar-refractivity contribution in [2.45, 2.75) is 12.5 Å². The fourth-order valence-electron chi connectivity index (χ4n) is 1.35. The van der Waals surface area contributed by atoms with Crippen molar-refractivity contribution in [2.75, 3.05) is 18.6 Å². The van der Waals surface area contributed by atoms with Crippen molar-refractivity contribution in [1.29, 1.82) is 0 Å². The molecule has 0 heterocycles. The minimum atomic E-state index is -0.684.